The molecule has 0 aromatic heterocycles. The highest BCUT2D eigenvalue weighted by Crippen LogP contribution is 2.22. The monoisotopic (exact) mass is 276 g/mol. The summed E-state index contributed by atoms with van der Waals surface area (Å²) in [5.41, 5.74) is 0.761. The SMILES string of the molecule is O=C(c1cccc(S)c1)N1CCN2CCCCC2C1. The smallest absolute Gasteiger partial charge is 0.253 e. The van der Waals surface area contributed by atoms with Crippen molar-refractivity contribution in [3.63, 3.8) is 0 Å². The molecule has 0 saturated carbocycles. The van der Waals surface area contributed by atoms with Crippen LogP contribution in [-0.2, 0) is 0 Å². The first-order chi connectivity index (χ1) is 9.24. The average Bonchev–Trinajstić information content (AvgIpc) is 2.46. The zero-order valence-electron chi connectivity index (χ0n) is 11.1. The molecule has 102 valence electrons. The number of piperidine rings is 1. The van der Waals surface area contributed by atoms with Gasteiger partial charge in [0, 0.05) is 36.1 Å². The van der Waals surface area contributed by atoms with Crippen LogP contribution in [0.15, 0.2) is 29.2 Å². The van der Waals surface area contributed by atoms with Crippen LogP contribution in [0.1, 0.15) is 29.6 Å². The molecule has 3 rings (SSSR count). The maximum Gasteiger partial charge on any atom is 0.253 e. The molecule has 0 radical (unpaired) electrons. The lowest BCUT2D eigenvalue weighted by atomic mass is 9.99. The molecule has 1 unspecified atom stereocenters. The van der Waals surface area contributed by atoms with E-state index in [4.69, 9.17) is 0 Å². The van der Waals surface area contributed by atoms with E-state index in [1.807, 2.05) is 29.2 Å². The number of thiol groups is 1. The lowest BCUT2D eigenvalue weighted by Crippen LogP contribution is -2.56. The molecule has 19 heavy (non-hydrogen) atoms. The molecule has 0 N–H and O–H groups in total. The Bertz CT molecular complexity index is 477. The Kier molecular flexibility index (Phi) is 3.80. The van der Waals surface area contributed by atoms with E-state index >= 15 is 0 Å². The lowest BCUT2D eigenvalue weighted by molar-refractivity contribution is 0.0372. The van der Waals surface area contributed by atoms with Crippen molar-refractivity contribution in [1.29, 1.82) is 0 Å². The Morgan fingerprint density at radius 3 is 2.95 bits per heavy atom. The second-order valence-corrected chi connectivity index (χ2v) is 6.00. The molecule has 1 aromatic rings. The minimum Gasteiger partial charge on any atom is -0.336 e. The topological polar surface area (TPSA) is 23.6 Å². The number of amides is 1. The molecule has 2 aliphatic heterocycles. The summed E-state index contributed by atoms with van der Waals surface area (Å²) in [6.07, 6.45) is 3.85. The van der Waals surface area contributed by atoms with E-state index in [0.717, 1.165) is 30.1 Å². The van der Waals surface area contributed by atoms with Gasteiger partial charge in [-0.3, -0.25) is 9.69 Å². The standard InChI is InChI=1S/C15H20N2OS/c18-15(12-4-3-6-14(19)10-12)17-9-8-16-7-2-1-5-13(16)11-17/h3-4,6,10,13,19H,1-2,5,7-9,11H2. The third-order valence-corrected chi connectivity index (χ3v) is 4.50. The number of nitrogens with zero attached hydrogens (tertiary/aromatic N) is 2. The molecule has 0 aliphatic carbocycles. The molecule has 2 heterocycles. The molecular formula is C15H20N2OS. The van der Waals surface area contributed by atoms with Gasteiger partial charge in [0.05, 0.1) is 0 Å². The van der Waals surface area contributed by atoms with Crippen LogP contribution in [0.25, 0.3) is 0 Å². The summed E-state index contributed by atoms with van der Waals surface area (Å²) in [6, 6.07) is 8.12. The van der Waals surface area contributed by atoms with Crippen LogP contribution in [0.2, 0.25) is 0 Å². The van der Waals surface area contributed by atoms with Gasteiger partial charge in [-0.1, -0.05) is 12.5 Å². The molecule has 4 heteroatoms. The fourth-order valence-electron chi connectivity index (χ4n) is 3.16. The number of fused-ring (bicyclic) bond motifs is 1. The van der Waals surface area contributed by atoms with E-state index < -0.39 is 0 Å². The third-order valence-electron chi connectivity index (χ3n) is 4.22. The summed E-state index contributed by atoms with van der Waals surface area (Å²) in [5, 5.41) is 0. The zero-order valence-corrected chi connectivity index (χ0v) is 12.0. The van der Waals surface area contributed by atoms with Crippen LogP contribution >= 0.6 is 12.6 Å². The highest BCUT2D eigenvalue weighted by Gasteiger charge is 2.31. The van der Waals surface area contributed by atoms with Crippen LogP contribution in [0.4, 0.5) is 0 Å². The molecule has 3 nitrogen and oxygen atoms in total. The Morgan fingerprint density at radius 2 is 2.11 bits per heavy atom. The van der Waals surface area contributed by atoms with E-state index in [0.29, 0.717) is 6.04 Å². The van der Waals surface area contributed by atoms with E-state index in [1.165, 1.54) is 25.8 Å². The van der Waals surface area contributed by atoms with E-state index in [2.05, 4.69) is 17.5 Å². The van der Waals surface area contributed by atoms with Crippen molar-refractivity contribution in [3.05, 3.63) is 29.8 Å². The van der Waals surface area contributed by atoms with Gasteiger partial charge in [0.1, 0.15) is 0 Å². The summed E-state index contributed by atoms with van der Waals surface area (Å²) in [6.45, 7) is 3.97. The molecule has 0 bridgehead atoms. The minimum absolute atomic E-state index is 0.154. The molecule has 1 aromatic carbocycles. The van der Waals surface area contributed by atoms with Crippen LogP contribution < -0.4 is 0 Å². The van der Waals surface area contributed by atoms with Gasteiger partial charge in [0.2, 0.25) is 0 Å². The van der Waals surface area contributed by atoms with E-state index in [-0.39, 0.29) is 5.91 Å². The van der Waals surface area contributed by atoms with Gasteiger partial charge in [0.15, 0.2) is 0 Å². The predicted octanol–water partition coefficient (Wildman–Crippen LogP) is 2.29. The van der Waals surface area contributed by atoms with Crippen LogP contribution in [0.5, 0.6) is 0 Å². The molecule has 2 aliphatic rings. The highest BCUT2D eigenvalue weighted by molar-refractivity contribution is 7.80. The normalized spacial score (nSPS) is 24.1. The number of hydrogen-bond acceptors (Lipinski definition) is 3. The van der Waals surface area contributed by atoms with Gasteiger partial charge in [-0.15, -0.1) is 12.6 Å². The van der Waals surface area contributed by atoms with Crippen LogP contribution in [-0.4, -0.2) is 47.9 Å². The summed E-state index contributed by atoms with van der Waals surface area (Å²) >= 11 is 4.31. The predicted molar refractivity (Wildman–Crippen MR) is 78.8 cm³/mol. The Hall–Kier alpha value is -1.00. The van der Waals surface area contributed by atoms with Gasteiger partial charge in [-0.25, -0.2) is 0 Å². The minimum atomic E-state index is 0.154. The zero-order chi connectivity index (χ0) is 13.2. The Labute approximate surface area is 120 Å². The third kappa shape index (κ3) is 2.79. The van der Waals surface area contributed by atoms with E-state index in [1.54, 1.807) is 0 Å². The average molecular weight is 276 g/mol. The van der Waals surface area contributed by atoms with Crippen LogP contribution in [0.3, 0.4) is 0 Å². The summed E-state index contributed by atoms with van der Waals surface area (Å²) in [7, 11) is 0. The maximum atomic E-state index is 12.5. The van der Waals surface area contributed by atoms with Crippen molar-refractivity contribution in [3.8, 4) is 0 Å². The van der Waals surface area contributed by atoms with Crippen molar-refractivity contribution >= 4 is 18.5 Å². The van der Waals surface area contributed by atoms with Crippen molar-refractivity contribution in [2.45, 2.75) is 30.2 Å². The first kappa shape index (κ1) is 13.0. The van der Waals surface area contributed by atoms with Crippen molar-refractivity contribution in [1.82, 2.24) is 9.80 Å². The summed E-state index contributed by atoms with van der Waals surface area (Å²) < 4.78 is 0. The quantitative estimate of drug-likeness (QED) is 0.796. The fourth-order valence-corrected chi connectivity index (χ4v) is 3.39. The fraction of sp³-hybridized carbons (Fsp3) is 0.533. The number of carbonyl (C=O) groups excluding carboxylic acids is 1. The van der Waals surface area contributed by atoms with E-state index in [9.17, 15) is 4.79 Å². The Morgan fingerprint density at radius 1 is 1.21 bits per heavy atom. The molecule has 2 fully saturated rings. The Balaban J connectivity index is 1.71. The molecule has 0 spiro atoms. The number of hydrogen-bond donors (Lipinski definition) is 1. The lowest BCUT2D eigenvalue weighted by Gasteiger charge is -2.44. The maximum absolute atomic E-state index is 12.5. The summed E-state index contributed by atoms with van der Waals surface area (Å²) in [4.78, 5) is 17.9. The van der Waals surface area contributed by atoms with Gasteiger partial charge in [-0.05, 0) is 37.6 Å². The first-order valence-electron chi connectivity index (χ1n) is 7.06. The second-order valence-electron chi connectivity index (χ2n) is 5.49. The number of rotatable bonds is 1. The van der Waals surface area contributed by atoms with Crippen LogP contribution in [0, 0.1) is 0 Å². The van der Waals surface area contributed by atoms with Gasteiger partial charge in [0.25, 0.3) is 5.91 Å². The molecule has 1 amide bonds. The molecular weight excluding hydrogens is 256 g/mol. The molecule has 2 saturated heterocycles. The number of benzene rings is 1. The van der Waals surface area contributed by atoms with Gasteiger partial charge in [-0.2, -0.15) is 0 Å². The van der Waals surface area contributed by atoms with Crippen molar-refractivity contribution in [2.24, 2.45) is 0 Å². The summed E-state index contributed by atoms with van der Waals surface area (Å²) in [5.74, 6) is 0.154. The van der Waals surface area contributed by atoms with Gasteiger partial charge >= 0.3 is 0 Å². The first-order valence-corrected chi connectivity index (χ1v) is 7.51. The molecule has 1 atom stereocenters. The van der Waals surface area contributed by atoms with Gasteiger partial charge < -0.3 is 4.90 Å². The highest BCUT2D eigenvalue weighted by atomic mass is 32.1. The van der Waals surface area contributed by atoms with Crippen molar-refractivity contribution < 1.29 is 4.79 Å². The van der Waals surface area contributed by atoms with Crippen molar-refractivity contribution in [2.75, 3.05) is 26.2 Å². The largest absolute Gasteiger partial charge is 0.336 e. The second kappa shape index (κ2) is 5.55. The number of carbonyl (C=O) groups is 1. The number of piperazine rings is 1.